The van der Waals surface area contributed by atoms with E-state index in [4.69, 9.17) is 24.9 Å². The molecule has 0 bridgehead atoms. The van der Waals surface area contributed by atoms with E-state index in [0.717, 1.165) is 117 Å². The Morgan fingerprint density at radius 3 is 1.48 bits per heavy atom. The van der Waals surface area contributed by atoms with E-state index in [0.29, 0.717) is 10.7 Å². The van der Waals surface area contributed by atoms with Crippen LogP contribution in [0.2, 0.25) is 0 Å². The van der Waals surface area contributed by atoms with Gasteiger partial charge in [-0.25, -0.2) is 34.9 Å². The minimum absolute atomic E-state index is 0. The van der Waals surface area contributed by atoms with Gasteiger partial charge in [-0.3, -0.25) is 9.55 Å². The number of aromatic nitrogens is 9. The number of halogens is 1. The summed E-state index contributed by atoms with van der Waals surface area (Å²) in [6.07, 6.45) is 4.68. The van der Waals surface area contributed by atoms with Crippen molar-refractivity contribution < 1.29 is 0 Å². The Kier molecular flexibility index (Phi) is 13.2. The Labute approximate surface area is 470 Å². The van der Waals surface area contributed by atoms with Crippen LogP contribution in [0.3, 0.4) is 0 Å². The first-order valence-electron chi connectivity index (χ1n) is 26.1. The van der Waals surface area contributed by atoms with E-state index < -0.39 is 0 Å². The maximum Gasteiger partial charge on any atom is 0.237 e. The number of rotatable bonds is 5. The van der Waals surface area contributed by atoms with E-state index in [-0.39, 0.29) is 7.43 Å². The van der Waals surface area contributed by atoms with Crippen molar-refractivity contribution in [3.8, 4) is 62.1 Å². The SMILES string of the molecule is Brc1nc(-c2ccccc2)c2ccc3ccc(-c4ccccc4)nc3c2n1.C.c1ccc(-c2ccc3ccc4c(-c5ccccc5)nc(-n5c6ccccc6c6cccnc65)nc4c3n2)cc1.c1ccc2c(c1)Cc1ncccc1-2. The van der Waals surface area contributed by atoms with Gasteiger partial charge in [-0.05, 0) is 75.6 Å². The first-order chi connectivity index (χ1) is 39.1. The number of fused-ring (bicyclic) bond motifs is 12. The minimum atomic E-state index is 0. The van der Waals surface area contributed by atoms with Crippen molar-refractivity contribution in [3.05, 3.63) is 271 Å². The number of para-hydroxylation sites is 1. The summed E-state index contributed by atoms with van der Waals surface area (Å²) in [7, 11) is 0. The molecule has 380 valence electrons. The molecule has 9 nitrogen and oxygen atoms in total. The van der Waals surface area contributed by atoms with Crippen LogP contribution in [0.5, 0.6) is 0 Å². The number of benzene rings is 8. The quantitative estimate of drug-likeness (QED) is 0.124. The molecular weight excluding hydrogens is 1050 g/mol. The lowest BCUT2D eigenvalue weighted by Crippen LogP contribution is -2.04. The van der Waals surface area contributed by atoms with Crippen LogP contribution in [0.25, 0.3) is 128 Å². The highest BCUT2D eigenvalue weighted by Gasteiger charge is 2.21. The minimum Gasteiger partial charge on any atom is -0.262 e. The van der Waals surface area contributed by atoms with Crippen LogP contribution < -0.4 is 0 Å². The maximum absolute atomic E-state index is 5.22. The second-order valence-electron chi connectivity index (χ2n) is 19.2. The van der Waals surface area contributed by atoms with Crippen molar-refractivity contribution in [2.75, 3.05) is 0 Å². The molecule has 0 saturated carbocycles. The van der Waals surface area contributed by atoms with E-state index in [1.165, 1.54) is 22.4 Å². The van der Waals surface area contributed by atoms with E-state index in [1.54, 1.807) is 0 Å². The summed E-state index contributed by atoms with van der Waals surface area (Å²) in [5.41, 5.74) is 18.4. The molecule has 15 aromatic rings. The Morgan fingerprint density at radius 1 is 0.350 bits per heavy atom. The molecule has 0 unspecified atom stereocenters. The molecule has 0 N–H and O–H groups in total. The number of pyridine rings is 4. The number of hydrogen-bond donors (Lipinski definition) is 0. The molecule has 0 saturated heterocycles. The van der Waals surface area contributed by atoms with Crippen LogP contribution in [-0.2, 0) is 6.42 Å². The first kappa shape index (κ1) is 49.4. The zero-order chi connectivity index (χ0) is 52.7. The molecule has 0 radical (unpaired) electrons. The van der Waals surface area contributed by atoms with Gasteiger partial charge >= 0.3 is 0 Å². The lowest BCUT2D eigenvalue weighted by atomic mass is 10.0. The molecule has 80 heavy (non-hydrogen) atoms. The van der Waals surface area contributed by atoms with Gasteiger partial charge in [0.1, 0.15) is 16.7 Å². The molecule has 0 amide bonds. The van der Waals surface area contributed by atoms with Crippen molar-refractivity contribution >= 4 is 81.5 Å². The van der Waals surface area contributed by atoms with Crippen LogP contribution in [0.4, 0.5) is 0 Å². The Bertz CT molecular complexity index is 4670. The summed E-state index contributed by atoms with van der Waals surface area (Å²) in [6, 6.07) is 82.7. The summed E-state index contributed by atoms with van der Waals surface area (Å²) < 4.78 is 2.63. The van der Waals surface area contributed by atoms with Crippen molar-refractivity contribution in [3.63, 3.8) is 0 Å². The largest absolute Gasteiger partial charge is 0.262 e. The monoisotopic (exact) mass is 1090 g/mol. The average molecular weight is 1100 g/mol. The fourth-order valence-electron chi connectivity index (χ4n) is 10.7. The van der Waals surface area contributed by atoms with Gasteiger partial charge in [0.25, 0.3) is 0 Å². The maximum atomic E-state index is 5.22. The van der Waals surface area contributed by atoms with Crippen molar-refractivity contribution in [2.45, 2.75) is 13.8 Å². The fraction of sp³-hybridized carbons (Fsp3) is 0.0286. The normalized spacial score (nSPS) is 11.4. The average Bonchev–Trinajstić information content (AvgIpc) is 4.08. The molecular formula is C70H48BrN9. The summed E-state index contributed by atoms with van der Waals surface area (Å²) >= 11 is 3.48. The zero-order valence-corrected chi connectivity index (χ0v) is 43.9. The molecule has 7 heterocycles. The van der Waals surface area contributed by atoms with Crippen molar-refractivity contribution in [2.24, 2.45) is 0 Å². The van der Waals surface area contributed by atoms with E-state index >= 15 is 0 Å². The van der Waals surface area contributed by atoms with Gasteiger partial charge in [-0.2, -0.15) is 0 Å². The van der Waals surface area contributed by atoms with Crippen LogP contribution in [0.1, 0.15) is 18.7 Å². The Balaban J connectivity index is 0.000000127. The molecule has 10 heteroatoms. The third kappa shape index (κ3) is 9.17. The third-order valence-electron chi connectivity index (χ3n) is 14.4. The van der Waals surface area contributed by atoms with Crippen LogP contribution >= 0.6 is 15.9 Å². The Morgan fingerprint density at radius 2 is 0.838 bits per heavy atom. The number of hydrogen-bond acceptors (Lipinski definition) is 8. The lowest BCUT2D eigenvalue weighted by Gasteiger charge is -2.13. The van der Waals surface area contributed by atoms with Gasteiger partial charge in [0.05, 0.1) is 45.0 Å². The zero-order valence-electron chi connectivity index (χ0n) is 42.4. The van der Waals surface area contributed by atoms with Gasteiger partial charge in [0.2, 0.25) is 5.95 Å². The number of nitrogens with zero attached hydrogens (tertiary/aromatic N) is 9. The van der Waals surface area contributed by atoms with Gasteiger partial charge in [0, 0.05) is 78.9 Å². The summed E-state index contributed by atoms with van der Waals surface area (Å²) in [6.45, 7) is 0. The summed E-state index contributed by atoms with van der Waals surface area (Å²) in [5.74, 6) is 0.575. The van der Waals surface area contributed by atoms with E-state index in [9.17, 15) is 0 Å². The summed E-state index contributed by atoms with van der Waals surface area (Å²) in [5, 5.41) is 6.24. The molecule has 7 aromatic heterocycles. The van der Waals surface area contributed by atoms with Gasteiger partial charge in [-0.15, -0.1) is 0 Å². The predicted octanol–water partition coefficient (Wildman–Crippen LogP) is 17.6. The fourth-order valence-corrected chi connectivity index (χ4v) is 11.1. The lowest BCUT2D eigenvalue weighted by molar-refractivity contribution is 0.998. The molecule has 16 rings (SSSR count). The molecule has 1 aliphatic rings. The second kappa shape index (κ2) is 21.3. The van der Waals surface area contributed by atoms with E-state index in [1.807, 2.05) is 103 Å². The van der Waals surface area contributed by atoms with E-state index in [2.05, 4.69) is 187 Å². The molecule has 0 fully saturated rings. The molecule has 0 aliphatic heterocycles. The highest BCUT2D eigenvalue weighted by molar-refractivity contribution is 9.10. The van der Waals surface area contributed by atoms with Gasteiger partial charge in [-0.1, -0.05) is 202 Å². The molecule has 0 atom stereocenters. The highest BCUT2D eigenvalue weighted by Crippen LogP contribution is 2.38. The topological polar surface area (TPSA) is 108 Å². The second-order valence-corrected chi connectivity index (χ2v) is 19.9. The Hall–Kier alpha value is -10.2. The standard InChI is InChI=1S/C34H21N5.C23H14BrN3.C12H9N.CH4/c1-3-10-22(11-4-1)28-20-18-24-17-19-27-30(23-12-5-2-6-13-23)37-34(38-32(27)31(24)36-28)39-29-16-8-7-14-25(29)26-15-9-21-35-33(26)39;24-23-26-20(16-9-5-2-6-10-16)18-13-11-17-12-14-19(15-7-3-1-4-8-15)25-21(17)22(18)27-23;1-2-5-10-9(4-1)8-12-11(10)6-3-7-13-12;/h1-21H;1-14H;1-7H,8H2;1H4. The molecule has 1 aliphatic carbocycles. The summed E-state index contributed by atoms with van der Waals surface area (Å²) in [4.78, 5) is 38.9. The molecule has 8 aromatic carbocycles. The first-order valence-corrected chi connectivity index (χ1v) is 26.9. The van der Waals surface area contributed by atoms with Crippen LogP contribution in [0.15, 0.2) is 260 Å². The molecule has 0 spiro atoms. The van der Waals surface area contributed by atoms with Crippen molar-refractivity contribution in [1.29, 1.82) is 0 Å². The van der Waals surface area contributed by atoms with Gasteiger partial charge < -0.3 is 0 Å². The smallest absolute Gasteiger partial charge is 0.237 e. The van der Waals surface area contributed by atoms with Gasteiger partial charge in [0.15, 0.2) is 4.73 Å². The van der Waals surface area contributed by atoms with Crippen LogP contribution in [-0.4, -0.2) is 44.4 Å². The van der Waals surface area contributed by atoms with Crippen LogP contribution in [0, 0.1) is 0 Å². The third-order valence-corrected chi connectivity index (χ3v) is 14.8. The highest BCUT2D eigenvalue weighted by atomic mass is 79.9. The van der Waals surface area contributed by atoms with Crippen molar-refractivity contribution in [1.82, 2.24) is 44.4 Å². The predicted molar refractivity (Wildman–Crippen MR) is 330 cm³/mol.